The van der Waals surface area contributed by atoms with E-state index in [1.54, 1.807) is 0 Å². The first-order chi connectivity index (χ1) is 8.36. The minimum atomic E-state index is 0.462. The summed E-state index contributed by atoms with van der Waals surface area (Å²) in [6.07, 6.45) is 15.0. The molecule has 0 aliphatic rings. The van der Waals surface area contributed by atoms with Gasteiger partial charge in [-0.15, -0.1) is 0 Å². The molecule has 3 nitrogen and oxygen atoms in total. The van der Waals surface area contributed by atoms with Crippen LogP contribution in [0.15, 0.2) is 18.7 Å². The SMILES string of the molecule is CCCCC[C@H](CCCCn1ccnc1)OC. The lowest BCUT2D eigenvalue weighted by atomic mass is 10.1. The Balaban J connectivity index is 2.02. The van der Waals surface area contributed by atoms with E-state index in [4.69, 9.17) is 4.74 Å². The molecule has 0 bridgehead atoms. The lowest BCUT2D eigenvalue weighted by molar-refractivity contribution is 0.0832. The van der Waals surface area contributed by atoms with Gasteiger partial charge in [-0.1, -0.05) is 26.2 Å². The van der Waals surface area contributed by atoms with Crippen molar-refractivity contribution in [1.29, 1.82) is 0 Å². The first kappa shape index (κ1) is 14.2. The minimum Gasteiger partial charge on any atom is -0.381 e. The standard InChI is InChI=1S/C14H26N2O/c1-3-4-5-8-14(17-2)9-6-7-11-16-12-10-15-13-16/h10,12-14H,3-9,11H2,1-2H3/t14-/m1/s1. The molecule has 1 aromatic rings. The second-order valence-corrected chi connectivity index (χ2v) is 4.65. The number of hydrogen-bond acceptors (Lipinski definition) is 2. The summed E-state index contributed by atoms with van der Waals surface area (Å²) in [4.78, 5) is 4.04. The first-order valence-electron chi connectivity index (χ1n) is 6.85. The van der Waals surface area contributed by atoms with Crippen molar-refractivity contribution < 1.29 is 4.74 Å². The molecule has 0 N–H and O–H groups in total. The van der Waals surface area contributed by atoms with Crippen molar-refractivity contribution in [3.05, 3.63) is 18.7 Å². The third kappa shape index (κ3) is 6.47. The number of methoxy groups -OCH3 is 1. The van der Waals surface area contributed by atoms with Crippen molar-refractivity contribution in [2.45, 2.75) is 64.5 Å². The second kappa shape index (κ2) is 9.23. The molecule has 0 radical (unpaired) electrons. The summed E-state index contributed by atoms with van der Waals surface area (Å²) < 4.78 is 7.65. The number of nitrogens with zero attached hydrogens (tertiary/aromatic N) is 2. The fourth-order valence-corrected chi connectivity index (χ4v) is 2.09. The first-order valence-corrected chi connectivity index (χ1v) is 6.85. The highest BCUT2D eigenvalue weighted by molar-refractivity contribution is 4.73. The Kier molecular flexibility index (Phi) is 7.72. The van der Waals surface area contributed by atoms with Crippen LogP contribution in [-0.2, 0) is 11.3 Å². The Morgan fingerprint density at radius 3 is 2.53 bits per heavy atom. The van der Waals surface area contributed by atoms with E-state index < -0.39 is 0 Å². The zero-order chi connectivity index (χ0) is 12.3. The van der Waals surface area contributed by atoms with E-state index in [2.05, 4.69) is 16.5 Å². The summed E-state index contributed by atoms with van der Waals surface area (Å²) in [5.41, 5.74) is 0. The van der Waals surface area contributed by atoms with Gasteiger partial charge in [0, 0.05) is 26.0 Å². The smallest absolute Gasteiger partial charge is 0.0945 e. The molecule has 3 heteroatoms. The average molecular weight is 238 g/mol. The van der Waals surface area contributed by atoms with E-state index in [-0.39, 0.29) is 0 Å². The summed E-state index contributed by atoms with van der Waals surface area (Å²) >= 11 is 0. The molecule has 1 atom stereocenters. The van der Waals surface area contributed by atoms with E-state index in [1.165, 1.54) is 44.9 Å². The molecule has 0 unspecified atom stereocenters. The second-order valence-electron chi connectivity index (χ2n) is 4.65. The highest BCUT2D eigenvalue weighted by Gasteiger charge is 2.06. The molecule has 0 aromatic carbocycles. The summed E-state index contributed by atoms with van der Waals surface area (Å²) in [5, 5.41) is 0. The highest BCUT2D eigenvalue weighted by Crippen LogP contribution is 2.13. The van der Waals surface area contributed by atoms with Crippen LogP contribution in [0.4, 0.5) is 0 Å². The van der Waals surface area contributed by atoms with Crippen molar-refractivity contribution in [3.8, 4) is 0 Å². The number of unbranched alkanes of at least 4 members (excludes halogenated alkanes) is 3. The molecule has 1 heterocycles. The molecule has 98 valence electrons. The van der Waals surface area contributed by atoms with E-state index in [0.29, 0.717) is 6.10 Å². The average Bonchev–Trinajstić information content (AvgIpc) is 2.85. The van der Waals surface area contributed by atoms with Crippen molar-refractivity contribution in [1.82, 2.24) is 9.55 Å². The molecule has 0 aliphatic carbocycles. The van der Waals surface area contributed by atoms with Gasteiger partial charge in [-0.25, -0.2) is 4.98 Å². The van der Waals surface area contributed by atoms with Gasteiger partial charge >= 0.3 is 0 Å². The lowest BCUT2D eigenvalue weighted by Gasteiger charge is -2.14. The van der Waals surface area contributed by atoms with Crippen LogP contribution in [0, 0.1) is 0 Å². The third-order valence-electron chi connectivity index (χ3n) is 3.21. The molecule has 0 aliphatic heterocycles. The van der Waals surface area contributed by atoms with Gasteiger partial charge in [0.25, 0.3) is 0 Å². The van der Waals surface area contributed by atoms with Gasteiger partial charge in [0.1, 0.15) is 0 Å². The van der Waals surface area contributed by atoms with Crippen molar-refractivity contribution in [2.75, 3.05) is 7.11 Å². The van der Waals surface area contributed by atoms with Crippen LogP contribution in [-0.4, -0.2) is 22.8 Å². The van der Waals surface area contributed by atoms with E-state index in [1.807, 2.05) is 25.8 Å². The van der Waals surface area contributed by atoms with Crippen LogP contribution in [0.5, 0.6) is 0 Å². The summed E-state index contributed by atoms with van der Waals surface area (Å²) in [6, 6.07) is 0. The molecule has 17 heavy (non-hydrogen) atoms. The topological polar surface area (TPSA) is 27.1 Å². The van der Waals surface area contributed by atoms with Gasteiger partial charge in [0.15, 0.2) is 0 Å². The van der Waals surface area contributed by atoms with Crippen LogP contribution in [0.2, 0.25) is 0 Å². The van der Waals surface area contributed by atoms with Gasteiger partial charge in [-0.3, -0.25) is 0 Å². The largest absolute Gasteiger partial charge is 0.381 e. The quantitative estimate of drug-likeness (QED) is 0.582. The highest BCUT2D eigenvalue weighted by atomic mass is 16.5. The number of aromatic nitrogens is 2. The van der Waals surface area contributed by atoms with Gasteiger partial charge in [0.05, 0.1) is 12.4 Å². The molecule has 0 saturated heterocycles. The number of imidazole rings is 1. The normalized spacial score (nSPS) is 12.8. The molecular formula is C14H26N2O. The summed E-state index contributed by atoms with van der Waals surface area (Å²) in [7, 11) is 1.84. The van der Waals surface area contributed by atoms with E-state index in [0.717, 1.165) is 6.54 Å². The molecule has 0 spiro atoms. The fourth-order valence-electron chi connectivity index (χ4n) is 2.09. The monoisotopic (exact) mass is 238 g/mol. The lowest BCUT2D eigenvalue weighted by Crippen LogP contribution is -2.10. The molecule has 0 saturated carbocycles. The Bertz CT molecular complexity index is 259. The molecule has 1 rings (SSSR count). The number of ether oxygens (including phenoxy) is 1. The molecule has 1 aromatic heterocycles. The van der Waals surface area contributed by atoms with Crippen LogP contribution in [0.1, 0.15) is 51.9 Å². The van der Waals surface area contributed by atoms with E-state index >= 15 is 0 Å². The van der Waals surface area contributed by atoms with E-state index in [9.17, 15) is 0 Å². The van der Waals surface area contributed by atoms with Crippen molar-refractivity contribution in [2.24, 2.45) is 0 Å². The predicted molar refractivity (Wildman–Crippen MR) is 71.0 cm³/mol. The molecular weight excluding hydrogens is 212 g/mol. The van der Waals surface area contributed by atoms with Crippen molar-refractivity contribution in [3.63, 3.8) is 0 Å². The number of hydrogen-bond donors (Lipinski definition) is 0. The minimum absolute atomic E-state index is 0.462. The predicted octanol–water partition coefficient (Wildman–Crippen LogP) is 3.65. The summed E-state index contributed by atoms with van der Waals surface area (Å²) in [5.74, 6) is 0. The van der Waals surface area contributed by atoms with Crippen LogP contribution in [0.25, 0.3) is 0 Å². The zero-order valence-corrected chi connectivity index (χ0v) is 11.3. The number of aryl methyl sites for hydroxylation is 1. The fraction of sp³-hybridized carbons (Fsp3) is 0.786. The van der Waals surface area contributed by atoms with Gasteiger partial charge in [-0.05, 0) is 25.7 Å². The van der Waals surface area contributed by atoms with Crippen molar-refractivity contribution >= 4 is 0 Å². The van der Waals surface area contributed by atoms with Gasteiger partial charge in [-0.2, -0.15) is 0 Å². The van der Waals surface area contributed by atoms with Gasteiger partial charge in [0.2, 0.25) is 0 Å². The third-order valence-corrected chi connectivity index (χ3v) is 3.21. The van der Waals surface area contributed by atoms with Crippen LogP contribution in [0.3, 0.4) is 0 Å². The Hall–Kier alpha value is -0.830. The maximum absolute atomic E-state index is 5.52. The Labute approximate surface area is 105 Å². The Morgan fingerprint density at radius 2 is 1.94 bits per heavy atom. The van der Waals surface area contributed by atoms with Gasteiger partial charge < -0.3 is 9.30 Å². The Morgan fingerprint density at radius 1 is 1.18 bits per heavy atom. The zero-order valence-electron chi connectivity index (χ0n) is 11.3. The summed E-state index contributed by atoms with van der Waals surface area (Å²) in [6.45, 7) is 3.32. The molecule has 0 fully saturated rings. The maximum Gasteiger partial charge on any atom is 0.0945 e. The number of rotatable bonds is 10. The molecule has 0 amide bonds. The van der Waals surface area contributed by atoms with Crippen LogP contribution >= 0.6 is 0 Å². The maximum atomic E-state index is 5.52. The van der Waals surface area contributed by atoms with Crippen LogP contribution < -0.4 is 0 Å².